The molecule has 20 heavy (non-hydrogen) atoms. The molecule has 6 nitrogen and oxygen atoms in total. The van der Waals surface area contributed by atoms with E-state index in [0.29, 0.717) is 32.0 Å². The number of amidine groups is 1. The smallest absolute Gasteiger partial charge is 0.223 e. The summed E-state index contributed by atoms with van der Waals surface area (Å²) in [6.07, 6.45) is 5.40. The van der Waals surface area contributed by atoms with Gasteiger partial charge in [0.15, 0.2) is 5.84 Å². The van der Waals surface area contributed by atoms with Crippen molar-refractivity contribution in [2.24, 2.45) is 28.6 Å². The highest BCUT2D eigenvalue weighted by molar-refractivity contribution is 5.85. The number of rotatable bonds is 3. The number of carbonyl (C=O) groups is 1. The van der Waals surface area contributed by atoms with Crippen molar-refractivity contribution in [3.8, 4) is 0 Å². The topological polar surface area (TPSA) is 88.2 Å². The van der Waals surface area contributed by atoms with Crippen LogP contribution in [0.5, 0.6) is 0 Å². The van der Waals surface area contributed by atoms with Gasteiger partial charge >= 0.3 is 0 Å². The molecule has 3 aliphatic rings. The minimum atomic E-state index is -0.474. The van der Waals surface area contributed by atoms with E-state index in [1.54, 1.807) is 4.90 Å². The molecule has 6 heteroatoms. The van der Waals surface area contributed by atoms with Crippen LogP contribution < -0.4 is 5.73 Å². The first-order valence-electron chi connectivity index (χ1n) is 7.54. The van der Waals surface area contributed by atoms with Crippen LogP contribution in [0.1, 0.15) is 32.1 Å². The summed E-state index contributed by atoms with van der Waals surface area (Å²) in [5.41, 5.74) is 5.56. The summed E-state index contributed by atoms with van der Waals surface area (Å²) >= 11 is 0. The molecule has 2 aliphatic carbocycles. The van der Waals surface area contributed by atoms with Gasteiger partial charge in [-0.2, -0.15) is 0 Å². The molecular formula is C14H23N3O3. The van der Waals surface area contributed by atoms with Gasteiger partial charge in [-0.25, -0.2) is 0 Å². The monoisotopic (exact) mass is 281 g/mol. The molecule has 2 bridgehead atoms. The Bertz CT molecular complexity index is 412. The van der Waals surface area contributed by atoms with Crippen LogP contribution >= 0.6 is 0 Å². The fourth-order valence-corrected chi connectivity index (χ4v) is 4.10. The van der Waals surface area contributed by atoms with E-state index in [2.05, 4.69) is 5.16 Å². The lowest BCUT2D eigenvalue weighted by atomic mass is 9.86. The molecule has 1 amide bonds. The van der Waals surface area contributed by atoms with Crippen LogP contribution in [-0.2, 0) is 9.53 Å². The van der Waals surface area contributed by atoms with E-state index in [0.717, 1.165) is 11.8 Å². The third-order valence-electron chi connectivity index (χ3n) is 5.19. The molecule has 1 saturated heterocycles. The number of hydrogen-bond donors (Lipinski definition) is 2. The fraction of sp³-hybridized carbons (Fsp3) is 0.857. The Morgan fingerprint density at radius 1 is 1.40 bits per heavy atom. The lowest BCUT2D eigenvalue weighted by molar-refractivity contribution is -0.138. The van der Waals surface area contributed by atoms with Crippen molar-refractivity contribution in [2.45, 2.75) is 38.2 Å². The lowest BCUT2D eigenvalue weighted by Gasteiger charge is -2.33. The largest absolute Gasteiger partial charge is 0.409 e. The van der Waals surface area contributed by atoms with Gasteiger partial charge in [-0.05, 0) is 37.0 Å². The molecule has 4 unspecified atom stereocenters. The number of carbonyl (C=O) groups excluding carboxylic acids is 1. The number of amides is 1. The number of hydrogen-bond acceptors (Lipinski definition) is 4. The highest BCUT2D eigenvalue weighted by atomic mass is 16.5. The van der Waals surface area contributed by atoms with E-state index in [-0.39, 0.29) is 11.7 Å². The van der Waals surface area contributed by atoms with Gasteiger partial charge in [-0.3, -0.25) is 4.79 Å². The molecule has 2 saturated carbocycles. The summed E-state index contributed by atoms with van der Waals surface area (Å²) in [6.45, 7) is 1.45. The van der Waals surface area contributed by atoms with Crippen molar-refractivity contribution in [3.05, 3.63) is 0 Å². The number of nitrogens with zero attached hydrogens (tertiary/aromatic N) is 2. The highest BCUT2D eigenvalue weighted by Gasteiger charge is 2.41. The SMILES string of the molecule is NC(=NO)C1CN(C(=O)CC2CC3CCC2C3)CCO1. The molecule has 112 valence electrons. The molecule has 1 heterocycles. The molecule has 0 aromatic carbocycles. The first-order valence-corrected chi connectivity index (χ1v) is 7.54. The van der Waals surface area contributed by atoms with Gasteiger partial charge in [-0.1, -0.05) is 11.6 Å². The number of nitrogens with two attached hydrogens (primary N) is 1. The van der Waals surface area contributed by atoms with E-state index in [4.69, 9.17) is 15.7 Å². The maximum atomic E-state index is 12.4. The summed E-state index contributed by atoms with van der Waals surface area (Å²) in [6, 6.07) is 0. The van der Waals surface area contributed by atoms with Crippen LogP contribution in [0, 0.1) is 17.8 Å². The summed E-state index contributed by atoms with van der Waals surface area (Å²) in [5.74, 6) is 2.45. The summed E-state index contributed by atoms with van der Waals surface area (Å²) in [7, 11) is 0. The third kappa shape index (κ3) is 2.61. The molecule has 3 fully saturated rings. The van der Waals surface area contributed by atoms with Gasteiger partial charge in [0.1, 0.15) is 6.10 Å². The van der Waals surface area contributed by atoms with E-state index >= 15 is 0 Å². The predicted molar refractivity (Wildman–Crippen MR) is 73.3 cm³/mol. The van der Waals surface area contributed by atoms with Gasteiger partial charge in [-0.15, -0.1) is 0 Å². The molecule has 0 spiro atoms. The molecule has 3 N–H and O–H groups in total. The van der Waals surface area contributed by atoms with E-state index in [1.165, 1.54) is 25.7 Å². The molecule has 0 radical (unpaired) electrons. The van der Waals surface area contributed by atoms with Crippen molar-refractivity contribution in [1.82, 2.24) is 4.90 Å². The normalized spacial score (nSPS) is 37.4. The van der Waals surface area contributed by atoms with Crippen molar-refractivity contribution in [3.63, 3.8) is 0 Å². The first-order chi connectivity index (χ1) is 9.67. The molecule has 0 aromatic rings. The quantitative estimate of drug-likeness (QED) is 0.346. The van der Waals surface area contributed by atoms with Crippen molar-refractivity contribution in [1.29, 1.82) is 0 Å². The Morgan fingerprint density at radius 3 is 2.90 bits per heavy atom. The number of oxime groups is 1. The van der Waals surface area contributed by atoms with Gasteiger partial charge in [0.2, 0.25) is 5.91 Å². The number of ether oxygens (including phenoxy) is 1. The number of fused-ring (bicyclic) bond motifs is 2. The zero-order valence-electron chi connectivity index (χ0n) is 11.7. The second-order valence-corrected chi connectivity index (χ2v) is 6.36. The van der Waals surface area contributed by atoms with Crippen LogP contribution in [0.25, 0.3) is 0 Å². The van der Waals surface area contributed by atoms with E-state index in [1.807, 2.05) is 0 Å². The molecule has 3 rings (SSSR count). The zero-order chi connectivity index (χ0) is 14.1. The fourth-order valence-electron chi connectivity index (χ4n) is 4.10. The molecule has 4 atom stereocenters. The Hall–Kier alpha value is -1.30. The lowest BCUT2D eigenvalue weighted by Crippen LogP contribution is -2.50. The van der Waals surface area contributed by atoms with E-state index < -0.39 is 6.10 Å². The summed E-state index contributed by atoms with van der Waals surface area (Å²) in [5, 5.41) is 11.7. The van der Waals surface area contributed by atoms with Crippen LogP contribution in [0.3, 0.4) is 0 Å². The van der Waals surface area contributed by atoms with Crippen molar-refractivity contribution < 1.29 is 14.7 Å². The minimum Gasteiger partial charge on any atom is -0.409 e. The molecule has 0 aromatic heterocycles. The van der Waals surface area contributed by atoms with Crippen LogP contribution in [0.2, 0.25) is 0 Å². The minimum absolute atomic E-state index is 0.0439. The van der Waals surface area contributed by atoms with Crippen molar-refractivity contribution in [2.75, 3.05) is 19.7 Å². The maximum Gasteiger partial charge on any atom is 0.223 e. The maximum absolute atomic E-state index is 12.4. The zero-order valence-corrected chi connectivity index (χ0v) is 11.7. The predicted octanol–water partition coefficient (Wildman–Crippen LogP) is 0.786. The number of morpholine rings is 1. The Kier molecular flexibility index (Phi) is 3.83. The average molecular weight is 281 g/mol. The van der Waals surface area contributed by atoms with Crippen LogP contribution in [-0.4, -0.2) is 47.7 Å². The Balaban J connectivity index is 1.54. The highest BCUT2D eigenvalue weighted by Crippen LogP contribution is 2.49. The molecular weight excluding hydrogens is 258 g/mol. The Morgan fingerprint density at radius 2 is 2.25 bits per heavy atom. The van der Waals surface area contributed by atoms with Gasteiger partial charge < -0.3 is 20.6 Å². The van der Waals surface area contributed by atoms with Gasteiger partial charge in [0.05, 0.1) is 13.2 Å². The van der Waals surface area contributed by atoms with Gasteiger partial charge in [0, 0.05) is 13.0 Å². The third-order valence-corrected chi connectivity index (χ3v) is 5.19. The standard InChI is InChI=1S/C14H23N3O3/c15-14(16-19)12-8-17(3-4-20-12)13(18)7-11-6-9-1-2-10(11)5-9/h9-12,19H,1-8H2,(H2,15,16). The van der Waals surface area contributed by atoms with Crippen LogP contribution in [0.4, 0.5) is 0 Å². The Labute approximate surface area is 118 Å². The van der Waals surface area contributed by atoms with Gasteiger partial charge in [0.25, 0.3) is 0 Å². The average Bonchev–Trinajstić information content (AvgIpc) is 3.09. The van der Waals surface area contributed by atoms with E-state index in [9.17, 15) is 4.79 Å². The van der Waals surface area contributed by atoms with Crippen LogP contribution in [0.15, 0.2) is 5.16 Å². The molecule has 1 aliphatic heterocycles. The summed E-state index contributed by atoms with van der Waals surface area (Å²) in [4.78, 5) is 14.2. The second-order valence-electron chi connectivity index (χ2n) is 6.36. The van der Waals surface area contributed by atoms with Crippen molar-refractivity contribution >= 4 is 11.7 Å². The first kappa shape index (κ1) is 13.7. The summed E-state index contributed by atoms with van der Waals surface area (Å²) < 4.78 is 5.42. The second kappa shape index (κ2) is 5.60.